The van der Waals surface area contributed by atoms with Crippen LogP contribution in [0.5, 0.6) is 0 Å². The molecule has 312 valence electrons. The maximum atomic E-state index is 7.06. The number of halogens is 4. The molecule has 0 aliphatic heterocycles. The molecule has 0 aromatic heterocycles. The van der Waals surface area contributed by atoms with Gasteiger partial charge < -0.3 is 0 Å². The summed E-state index contributed by atoms with van der Waals surface area (Å²) in [6, 6.07) is 34.3. The zero-order valence-corrected chi connectivity index (χ0v) is 43.0. The summed E-state index contributed by atoms with van der Waals surface area (Å²) in [5.74, 6) is 0. The molecule has 2 aliphatic rings. The first-order chi connectivity index (χ1) is 27.2. The van der Waals surface area contributed by atoms with Crippen molar-refractivity contribution in [3.05, 3.63) is 167 Å². The SMILES string of the molecule is CC(C)(C)c1cc2c(cc1C(C)(C)C)-c1cc(C(C)(C)C)c(C(C)(C)C)[c]([Zr]([C]3=CC=CC3)=[C](c3cccc4c(Cl)cccc34)c3cccc4c(Cl)cccc34)c1C2.Cl.Cl. The largest absolute Gasteiger partial charge is 0.147 e. The van der Waals surface area contributed by atoms with Crippen molar-refractivity contribution in [2.45, 2.75) is 118 Å². The molecule has 0 spiro atoms. The van der Waals surface area contributed by atoms with Crippen LogP contribution in [-0.4, -0.2) is 3.21 Å². The van der Waals surface area contributed by atoms with Crippen molar-refractivity contribution in [1.82, 2.24) is 0 Å². The van der Waals surface area contributed by atoms with E-state index in [-0.39, 0.29) is 46.5 Å². The molecule has 0 saturated heterocycles. The molecule has 5 heteroatoms. The van der Waals surface area contributed by atoms with E-state index in [0.29, 0.717) is 0 Å². The number of hydrogen-bond donors (Lipinski definition) is 0. The molecule has 60 heavy (non-hydrogen) atoms. The molecule has 0 unspecified atom stereocenters. The van der Waals surface area contributed by atoms with Crippen molar-refractivity contribution in [2.24, 2.45) is 0 Å². The van der Waals surface area contributed by atoms with E-state index in [9.17, 15) is 0 Å². The molecule has 8 rings (SSSR count). The number of benzene rings is 6. The van der Waals surface area contributed by atoms with Gasteiger partial charge in [0.25, 0.3) is 0 Å². The minimum atomic E-state index is -3.28. The molecule has 0 heterocycles. The quantitative estimate of drug-likeness (QED) is 0.165. The molecule has 0 nitrogen and oxygen atoms in total. The van der Waals surface area contributed by atoms with E-state index in [1.54, 1.807) is 17.7 Å². The molecule has 6 aromatic carbocycles. The van der Waals surface area contributed by atoms with Gasteiger partial charge in [0.05, 0.1) is 0 Å². The molecule has 0 bridgehead atoms. The second-order valence-electron chi connectivity index (χ2n) is 20.8. The Morgan fingerprint density at radius 3 is 1.47 bits per heavy atom. The van der Waals surface area contributed by atoms with Crippen molar-refractivity contribution in [2.75, 3.05) is 0 Å². The van der Waals surface area contributed by atoms with Crippen molar-refractivity contribution in [3.8, 4) is 11.1 Å². The fourth-order valence-electron chi connectivity index (χ4n) is 9.74. The Morgan fingerprint density at radius 2 is 1.00 bits per heavy atom. The van der Waals surface area contributed by atoms with E-state index < -0.39 is 21.3 Å². The Hall–Kier alpha value is -2.77. The number of rotatable bonds is 4. The molecule has 0 saturated carbocycles. The second-order valence-corrected chi connectivity index (χ2v) is 27.5. The molecular weight excluding hydrogens is 894 g/mol. The van der Waals surface area contributed by atoms with Crippen LogP contribution in [0.3, 0.4) is 0 Å². The zero-order valence-electron chi connectivity index (χ0n) is 37.4. The van der Waals surface area contributed by atoms with Crippen LogP contribution in [0.2, 0.25) is 10.0 Å². The van der Waals surface area contributed by atoms with Gasteiger partial charge in [0.2, 0.25) is 0 Å². The molecule has 2 aliphatic carbocycles. The molecule has 0 atom stereocenters. The maximum absolute atomic E-state index is 7.06. The third kappa shape index (κ3) is 8.26. The smallest absolute Gasteiger partial charge is 0.147 e. The van der Waals surface area contributed by atoms with Crippen LogP contribution in [0.1, 0.15) is 134 Å². The van der Waals surface area contributed by atoms with Gasteiger partial charge in [0.15, 0.2) is 0 Å². The Balaban J connectivity index is 0.00000302. The first-order valence-corrected chi connectivity index (χ1v) is 25.5. The van der Waals surface area contributed by atoms with Crippen LogP contribution in [0, 0.1) is 0 Å². The fraction of sp³-hybridized carbons (Fsp3) is 0.327. The normalized spacial score (nSPS) is 13.8. The molecule has 0 radical (unpaired) electrons. The van der Waals surface area contributed by atoms with Crippen molar-refractivity contribution < 1.29 is 21.3 Å². The van der Waals surface area contributed by atoms with Crippen LogP contribution in [0.4, 0.5) is 0 Å². The Kier molecular flexibility index (Phi) is 13.0. The van der Waals surface area contributed by atoms with Gasteiger partial charge in [0.1, 0.15) is 0 Å². The van der Waals surface area contributed by atoms with Crippen molar-refractivity contribution in [3.63, 3.8) is 0 Å². The molecule has 6 aromatic rings. The van der Waals surface area contributed by atoms with Crippen LogP contribution < -0.4 is 3.27 Å². The van der Waals surface area contributed by atoms with Gasteiger partial charge in [-0.05, 0) is 0 Å². The van der Waals surface area contributed by atoms with Crippen LogP contribution >= 0.6 is 48.0 Å². The van der Waals surface area contributed by atoms with E-state index >= 15 is 0 Å². The summed E-state index contributed by atoms with van der Waals surface area (Å²) >= 11 is 10.8. The molecule has 0 N–H and O–H groups in total. The van der Waals surface area contributed by atoms with Gasteiger partial charge in [-0.1, -0.05) is 0 Å². The summed E-state index contributed by atoms with van der Waals surface area (Å²) in [6.45, 7) is 29.0. The zero-order chi connectivity index (χ0) is 41.7. The standard InChI is InChI=1S/C29H41.C21H12Cl2.C5H5.2ClH.Zr/c1-26(2,3)22-14-18-13-19-15-23(27(4,5)6)25(29(10,11)12)17-21(19)20(18)16-24(22)28(7,8)9;22-20-11-3-7-16-14(5-1-9-18(16)20)13-15-6-2-10-19-17(15)8-4-12-21(19)23;1-2-4-5-3-1;;;/h14,16-17H,13H2,1-12H3;1-12H;1-3H,4H2;2*1H;. The topological polar surface area (TPSA) is 0 Å². The van der Waals surface area contributed by atoms with E-state index in [1.807, 2.05) is 12.1 Å². The van der Waals surface area contributed by atoms with Crippen LogP contribution in [0.25, 0.3) is 32.7 Å². The molecule has 0 amide bonds. The first-order valence-electron chi connectivity index (χ1n) is 21.0. The van der Waals surface area contributed by atoms with Crippen LogP contribution in [-0.2, 0) is 49.3 Å². The predicted molar refractivity (Wildman–Crippen MR) is 267 cm³/mol. The summed E-state index contributed by atoms with van der Waals surface area (Å²) in [6.07, 6.45) is 9.12. The van der Waals surface area contributed by atoms with Gasteiger partial charge >= 0.3 is 368 Å². The Labute approximate surface area is 389 Å². The predicted octanol–water partition coefficient (Wildman–Crippen LogP) is 16.3. The first kappa shape index (κ1) is 46.7. The Morgan fingerprint density at radius 1 is 0.533 bits per heavy atom. The molecule has 0 fully saturated rings. The van der Waals surface area contributed by atoms with Gasteiger partial charge in [0, 0.05) is 0 Å². The van der Waals surface area contributed by atoms with Gasteiger partial charge in [-0.2, -0.15) is 0 Å². The Bertz CT molecular complexity index is 2680. The maximum Gasteiger partial charge on any atom is -0.147 e. The summed E-state index contributed by atoms with van der Waals surface area (Å²) in [5.41, 5.74) is 14.3. The van der Waals surface area contributed by atoms with E-state index in [0.717, 1.165) is 33.7 Å². The summed E-state index contributed by atoms with van der Waals surface area (Å²) in [7, 11) is 0. The summed E-state index contributed by atoms with van der Waals surface area (Å²) in [4.78, 5) is 0. The average molecular weight is 954 g/mol. The van der Waals surface area contributed by atoms with Gasteiger partial charge in [-0.3, -0.25) is 0 Å². The van der Waals surface area contributed by atoms with Crippen molar-refractivity contribution >= 4 is 76.0 Å². The van der Waals surface area contributed by atoms with Crippen LogP contribution in [0.15, 0.2) is 113 Å². The summed E-state index contributed by atoms with van der Waals surface area (Å²) < 4.78 is 4.76. The minimum absolute atomic E-state index is 0. The fourth-order valence-corrected chi connectivity index (χ4v) is 19.4. The number of hydrogen-bond acceptors (Lipinski definition) is 0. The second kappa shape index (κ2) is 16.7. The van der Waals surface area contributed by atoms with E-state index in [4.69, 9.17) is 23.2 Å². The third-order valence-electron chi connectivity index (χ3n) is 12.4. The number of allylic oxidation sites excluding steroid dienone is 4. The average Bonchev–Trinajstić information content (AvgIpc) is 3.80. The molecular formula is C55H60Cl4Zr. The number of fused-ring (bicyclic) bond motifs is 5. The van der Waals surface area contributed by atoms with E-state index in [2.05, 4.69) is 180 Å². The van der Waals surface area contributed by atoms with Gasteiger partial charge in [-0.15, -0.1) is 24.8 Å². The third-order valence-corrected chi connectivity index (χ3v) is 20.7. The van der Waals surface area contributed by atoms with E-state index in [1.165, 1.54) is 58.5 Å². The summed E-state index contributed by atoms with van der Waals surface area (Å²) in [5, 5.41) is 6.19. The minimum Gasteiger partial charge on any atom is -0.147 e. The van der Waals surface area contributed by atoms with Crippen molar-refractivity contribution in [1.29, 1.82) is 0 Å². The van der Waals surface area contributed by atoms with Gasteiger partial charge in [-0.25, -0.2) is 0 Å². The monoisotopic (exact) mass is 950 g/mol.